The zero-order valence-corrected chi connectivity index (χ0v) is 7.34. The quantitative estimate of drug-likeness (QED) is 0.618. The minimum absolute atomic E-state index is 0.00866. The van der Waals surface area contributed by atoms with Gasteiger partial charge in [-0.25, -0.2) is 4.98 Å². The minimum Gasteiger partial charge on any atom is -0.511 e. The Bertz CT molecular complexity index is 363. The van der Waals surface area contributed by atoms with Gasteiger partial charge in [-0.1, -0.05) is 0 Å². The van der Waals surface area contributed by atoms with E-state index in [1.54, 1.807) is 6.07 Å². The van der Waals surface area contributed by atoms with Crippen LogP contribution in [0.4, 0.5) is 0 Å². The van der Waals surface area contributed by atoms with E-state index in [9.17, 15) is 0 Å². The van der Waals surface area contributed by atoms with Gasteiger partial charge in [-0.15, -0.1) is 0 Å². The Morgan fingerprint density at radius 3 is 2.79 bits per heavy atom. The zero-order valence-electron chi connectivity index (χ0n) is 7.34. The van der Waals surface area contributed by atoms with E-state index >= 15 is 0 Å². The molecule has 0 aliphatic carbocycles. The predicted octanol–water partition coefficient (Wildman–Crippen LogP) is -0.690. The van der Waals surface area contributed by atoms with Crippen LogP contribution in [0.1, 0.15) is 5.56 Å². The van der Waals surface area contributed by atoms with Crippen molar-refractivity contribution in [1.82, 2.24) is 4.98 Å². The van der Waals surface area contributed by atoms with Gasteiger partial charge in [0.25, 0.3) is 0 Å². The SMILES string of the molecule is COc1cc(OB(O)O)c(C#N)cn1. The third-order valence-electron chi connectivity index (χ3n) is 1.40. The van der Waals surface area contributed by atoms with E-state index in [4.69, 9.17) is 20.0 Å². The fourth-order valence-corrected chi connectivity index (χ4v) is 0.826. The van der Waals surface area contributed by atoms with Crippen LogP contribution in [0.5, 0.6) is 11.6 Å². The van der Waals surface area contributed by atoms with Crippen molar-refractivity contribution in [3.63, 3.8) is 0 Å². The molecule has 14 heavy (non-hydrogen) atoms. The fourth-order valence-electron chi connectivity index (χ4n) is 0.826. The second-order valence-electron chi connectivity index (χ2n) is 2.28. The Morgan fingerprint density at radius 1 is 1.57 bits per heavy atom. The van der Waals surface area contributed by atoms with E-state index < -0.39 is 7.32 Å². The first-order chi connectivity index (χ1) is 6.67. The van der Waals surface area contributed by atoms with Crippen molar-refractivity contribution in [3.05, 3.63) is 17.8 Å². The molecule has 1 aromatic rings. The van der Waals surface area contributed by atoms with Gasteiger partial charge in [-0.05, 0) is 0 Å². The number of hydrogen-bond donors (Lipinski definition) is 2. The molecule has 0 amide bonds. The molecule has 0 aliphatic heterocycles. The van der Waals surface area contributed by atoms with Gasteiger partial charge in [0.2, 0.25) is 5.88 Å². The molecule has 0 aromatic carbocycles. The van der Waals surface area contributed by atoms with E-state index in [1.807, 2.05) is 0 Å². The van der Waals surface area contributed by atoms with E-state index in [-0.39, 0.29) is 17.2 Å². The summed E-state index contributed by atoms with van der Waals surface area (Å²) in [5, 5.41) is 25.7. The lowest BCUT2D eigenvalue weighted by Gasteiger charge is -2.07. The van der Waals surface area contributed by atoms with Crippen LogP contribution < -0.4 is 9.39 Å². The van der Waals surface area contributed by atoms with Gasteiger partial charge in [0.15, 0.2) is 0 Å². The van der Waals surface area contributed by atoms with E-state index in [2.05, 4.69) is 9.64 Å². The Labute approximate surface area is 80.5 Å². The Kier molecular flexibility index (Phi) is 3.28. The van der Waals surface area contributed by atoms with Crippen LogP contribution in [-0.4, -0.2) is 29.5 Å². The van der Waals surface area contributed by atoms with Gasteiger partial charge >= 0.3 is 7.32 Å². The van der Waals surface area contributed by atoms with Crippen molar-refractivity contribution < 1.29 is 19.4 Å². The summed E-state index contributed by atoms with van der Waals surface area (Å²) < 4.78 is 9.32. The highest BCUT2D eigenvalue weighted by atomic mass is 16.6. The topological polar surface area (TPSA) is 95.6 Å². The van der Waals surface area contributed by atoms with E-state index in [0.29, 0.717) is 0 Å². The number of pyridine rings is 1. The van der Waals surface area contributed by atoms with Crippen LogP contribution in [0.2, 0.25) is 0 Å². The van der Waals surface area contributed by atoms with Crippen molar-refractivity contribution in [1.29, 1.82) is 5.26 Å². The predicted molar refractivity (Wildman–Crippen MR) is 46.3 cm³/mol. The molecule has 0 bridgehead atoms. The maximum atomic E-state index is 8.62. The molecule has 0 radical (unpaired) electrons. The smallest absolute Gasteiger partial charge is 0.511 e. The molecular formula is C7H7BN2O4. The molecule has 1 rings (SSSR count). The van der Waals surface area contributed by atoms with Crippen molar-refractivity contribution in [2.24, 2.45) is 0 Å². The van der Waals surface area contributed by atoms with Gasteiger partial charge in [0.05, 0.1) is 13.3 Å². The second-order valence-corrected chi connectivity index (χ2v) is 2.28. The summed E-state index contributed by atoms with van der Waals surface area (Å²) in [6.07, 6.45) is 1.22. The Morgan fingerprint density at radius 2 is 2.29 bits per heavy atom. The highest BCUT2D eigenvalue weighted by molar-refractivity contribution is 6.33. The van der Waals surface area contributed by atoms with Gasteiger partial charge < -0.3 is 19.4 Å². The highest BCUT2D eigenvalue weighted by Gasteiger charge is 2.15. The second kappa shape index (κ2) is 4.46. The maximum Gasteiger partial charge on any atom is 0.707 e. The first-order valence-corrected chi connectivity index (χ1v) is 3.64. The molecule has 1 aromatic heterocycles. The first-order valence-electron chi connectivity index (χ1n) is 3.64. The average Bonchev–Trinajstić information content (AvgIpc) is 2.16. The molecule has 0 aliphatic rings. The monoisotopic (exact) mass is 194 g/mol. The minimum atomic E-state index is -1.98. The van der Waals surface area contributed by atoms with Crippen LogP contribution in [-0.2, 0) is 0 Å². The molecule has 7 heteroatoms. The molecule has 0 spiro atoms. The normalized spacial score (nSPS) is 9.00. The molecule has 0 fully saturated rings. The third kappa shape index (κ3) is 2.35. The van der Waals surface area contributed by atoms with E-state index in [0.717, 1.165) is 0 Å². The molecule has 0 atom stereocenters. The van der Waals surface area contributed by atoms with Crippen LogP contribution in [0.3, 0.4) is 0 Å². The lowest BCUT2D eigenvalue weighted by Crippen LogP contribution is -2.21. The Balaban J connectivity index is 3.03. The number of ether oxygens (including phenoxy) is 1. The molecular weight excluding hydrogens is 187 g/mol. The van der Waals surface area contributed by atoms with Crippen molar-refractivity contribution >= 4 is 7.32 Å². The Hall–Kier alpha value is -1.78. The average molecular weight is 194 g/mol. The maximum absolute atomic E-state index is 8.62. The van der Waals surface area contributed by atoms with Crippen molar-refractivity contribution in [2.75, 3.05) is 7.11 Å². The number of hydrogen-bond acceptors (Lipinski definition) is 6. The molecule has 72 valence electrons. The molecule has 0 saturated heterocycles. The van der Waals surface area contributed by atoms with E-state index in [1.165, 1.54) is 19.4 Å². The molecule has 0 unspecified atom stereocenters. The summed E-state index contributed by atoms with van der Waals surface area (Å²) in [6, 6.07) is 3.08. The standard InChI is InChI=1S/C7H7BN2O4/c1-13-7-2-6(14-8(11)12)5(3-9)4-10-7/h2,4,11-12H,1H3. The van der Waals surface area contributed by atoms with Crippen LogP contribution in [0.25, 0.3) is 0 Å². The summed E-state index contributed by atoms with van der Waals surface area (Å²) in [5.74, 6) is 0.231. The molecule has 1 heterocycles. The molecule has 2 N–H and O–H groups in total. The van der Waals surface area contributed by atoms with Gasteiger partial charge in [0, 0.05) is 6.07 Å². The highest BCUT2D eigenvalue weighted by Crippen LogP contribution is 2.21. The number of rotatable bonds is 3. The summed E-state index contributed by atoms with van der Waals surface area (Å²) in [5.41, 5.74) is 0.0962. The summed E-state index contributed by atoms with van der Waals surface area (Å²) >= 11 is 0. The van der Waals surface area contributed by atoms with Crippen molar-refractivity contribution in [2.45, 2.75) is 0 Å². The number of nitriles is 1. The first kappa shape index (κ1) is 10.3. The molecule has 0 saturated carbocycles. The van der Waals surface area contributed by atoms with Crippen LogP contribution in [0, 0.1) is 11.3 Å². The van der Waals surface area contributed by atoms with Gasteiger partial charge in [-0.2, -0.15) is 5.26 Å². The van der Waals surface area contributed by atoms with Gasteiger partial charge in [0.1, 0.15) is 17.4 Å². The largest absolute Gasteiger partial charge is 0.707 e. The van der Waals surface area contributed by atoms with Crippen molar-refractivity contribution in [3.8, 4) is 17.7 Å². The number of aromatic nitrogens is 1. The zero-order chi connectivity index (χ0) is 10.6. The molecule has 6 nitrogen and oxygen atoms in total. The van der Waals surface area contributed by atoms with Crippen LogP contribution in [0.15, 0.2) is 12.3 Å². The number of nitrogens with zero attached hydrogens (tertiary/aromatic N) is 2. The van der Waals surface area contributed by atoms with Gasteiger partial charge in [-0.3, -0.25) is 0 Å². The summed E-state index contributed by atoms with van der Waals surface area (Å²) in [7, 11) is -0.581. The number of methoxy groups -OCH3 is 1. The summed E-state index contributed by atoms with van der Waals surface area (Å²) in [4.78, 5) is 3.75. The lowest BCUT2D eigenvalue weighted by atomic mass is 10.2. The lowest BCUT2D eigenvalue weighted by molar-refractivity contribution is 0.286. The third-order valence-corrected chi connectivity index (χ3v) is 1.40. The fraction of sp³-hybridized carbons (Fsp3) is 0.143. The van der Waals surface area contributed by atoms with Crippen LogP contribution >= 0.6 is 0 Å². The summed E-state index contributed by atoms with van der Waals surface area (Å²) in [6.45, 7) is 0.